The molecule has 3 rings (SSSR count). The first-order valence-electron chi connectivity index (χ1n) is 13.9. The van der Waals surface area contributed by atoms with Gasteiger partial charge in [0.1, 0.15) is 0 Å². The Balaban J connectivity index is 1.19. The molecule has 3 amide bonds. The van der Waals surface area contributed by atoms with Crippen molar-refractivity contribution in [3.8, 4) is 0 Å². The Hall–Kier alpha value is -2.97. The largest absolute Gasteiger partial charge is 0.450 e. The van der Waals surface area contributed by atoms with E-state index in [9.17, 15) is 14.4 Å². The van der Waals surface area contributed by atoms with Gasteiger partial charge < -0.3 is 24.8 Å². The molecule has 9 heteroatoms. The first kappa shape index (κ1) is 28.6. The molecule has 0 heterocycles. The van der Waals surface area contributed by atoms with Crippen molar-refractivity contribution in [1.82, 2.24) is 10.6 Å². The standard InChI is InChI=1S/C28H43N3O6/c1-2-17-35-26(32)30-24-13-9-21(10-14-24)20-22-11-15-25(16-12-22)31-28(34)37-19-6-18-36-27(33)29-23-7-4-3-5-8-23/h3-5,7-8,21-22,24-25H,2,6,9-20H2,1H3,(H,29,33)(H,30,32)(H,31,34). The number of para-hydroxylation sites is 1. The highest BCUT2D eigenvalue weighted by Gasteiger charge is 2.28. The lowest BCUT2D eigenvalue weighted by Crippen LogP contribution is -2.39. The summed E-state index contributed by atoms with van der Waals surface area (Å²) in [7, 11) is 0. The molecule has 2 aliphatic rings. The van der Waals surface area contributed by atoms with Crippen LogP contribution >= 0.6 is 0 Å². The van der Waals surface area contributed by atoms with Crippen LogP contribution < -0.4 is 16.0 Å². The monoisotopic (exact) mass is 517 g/mol. The highest BCUT2D eigenvalue weighted by Crippen LogP contribution is 2.35. The van der Waals surface area contributed by atoms with E-state index in [0.29, 0.717) is 24.6 Å². The topological polar surface area (TPSA) is 115 Å². The molecule has 0 atom stereocenters. The molecule has 0 radical (unpaired) electrons. The highest BCUT2D eigenvalue weighted by molar-refractivity contribution is 5.84. The molecule has 1 aromatic rings. The molecular weight excluding hydrogens is 474 g/mol. The molecule has 2 fully saturated rings. The number of benzene rings is 1. The third-order valence-electron chi connectivity index (χ3n) is 7.22. The zero-order valence-corrected chi connectivity index (χ0v) is 22.0. The van der Waals surface area contributed by atoms with E-state index < -0.39 is 12.2 Å². The van der Waals surface area contributed by atoms with Gasteiger partial charge in [-0.25, -0.2) is 14.4 Å². The first-order chi connectivity index (χ1) is 18.0. The Bertz CT molecular complexity index is 820. The lowest BCUT2D eigenvalue weighted by molar-refractivity contribution is 0.118. The molecule has 2 aliphatic carbocycles. The summed E-state index contributed by atoms with van der Waals surface area (Å²) in [5.41, 5.74) is 0.670. The van der Waals surface area contributed by atoms with Crippen LogP contribution in [0.3, 0.4) is 0 Å². The number of hydrogen-bond donors (Lipinski definition) is 3. The normalized spacial score (nSPS) is 23.4. The van der Waals surface area contributed by atoms with Gasteiger partial charge >= 0.3 is 18.3 Å². The SMILES string of the molecule is CCCOC(=O)NC1CCC(CC2CCC(NC(=O)OCCCOC(=O)Nc3ccccc3)CC2)CC1. The molecule has 0 bridgehead atoms. The van der Waals surface area contributed by atoms with Gasteiger partial charge in [0, 0.05) is 24.2 Å². The van der Waals surface area contributed by atoms with E-state index in [4.69, 9.17) is 14.2 Å². The Morgan fingerprint density at radius 1 is 0.703 bits per heavy atom. The molecule has 0 saturated heterocycles. The minimum atomic E-state index is -0.524. The van der Waals surface area contributed by atoms with Crippen molar-refractivity contribution in [3.63, 3.8) is 0 Å². The van der Waals surface area contributed by atoms with Crippen molar-refractivity contribution in [2.24, 2.45) is 11.8 Å². The predicted octanol–water partition coefficient (Wildman–Crippen LogP) is 6.00. The van der Waals surface area contributed by atoms with Crippen molar-refractivity contribution in [2.75, 3.05) is 25.1 Å². The fourth-order valence-electron chi connectivity index (χ4n) is 5.23. The summed E-state index contributed by atoms with van der Waals surface area (Å²) in [6.45, 7) is 2.84. The lowest BCUT2D eigenvalue weighted by atomic mass is 9.76. The second kappa shape index (κ2) is 16.0. The van der Waals surface area contributed by atoms with Crippen LogP contribution in [0.4, 0.5) is 20.1 Å². The van der Waals surface area contributed by atoms with Gasteiger partial charge in [0.25, 0.3) is 0 Å². The smallest absolute Gasteiger partial charge is 0.411 e. The lowest BCUT2D eigenvalue weighted by Gasteiger charge is -2.34. The Morgan fingerprint density at radius 3 is 1.70 bits per heavy atom. The van der Waals surface area contributed by atoms with Crippen LogP contribution in [0.5, 0.6) is 0 Å². The molecule has 37 heavy (non-hydrogen) atoms. The molecule has 9 nitrogen and oxygen atoms in total. The zero-order valence-electron chi connectivity index (χ0n) is 22.0. The maximum atomic E-state index is 12.1. The quantitative estimate of drug-likeness (QED) is 0.245. The third-order valence-corrected chi connectivity index (χ3v) is 7.22. The highest BCUT2D eigenvalue weighted by atomic mass is 16.6. The molecule has 0 aromatic heterocycles. The summed E-state index contributed by atoms with van der Waals surface area (Å²) in [5.74, 6) is 1.43. The third kappa shape index (κ3) is 11.3. The van der Waals surface area contributed by atoms with Crippen LogP contribution in [0.25, 0.3) is 0 Å². The van der Waals surface area contributed by atoms with E-state index in [0.717, 1.165) is 63.7 Å². The van der Waals surface area contributed by atoms with Crippen molar-refractivity contribution in [1.29, 1.82) is 0 Å². The number of alkyl carbamates (subject to hydrolysis) is 2. The van der Waals surface area contributed by atoms with E-state index in [1.807, 2.05) is 25.1 Å². The summed E-state index contributed by atoms with van der Waals surface area (Å²) in [4.78, 5) is 35.6. The van der Waals surface area contributed by atoms with E-state index >= 15 is 0 Å². The number of anilines is 1. The summed E-state index contributed by atoms with van der Waals surface area (Å²) < 4.78 is 15.5. The van der Waals surface area contributed by atoms with Crippen molar-refractivity contribution < 1.29 is 28.6 Å². The fraction of sp³-hybridized carbons (Fsp3) is 0.679. The van der Waals surface area contributed by atoms with Crippen LogP contribution in [0.15, 0.2) is 30.3 Å². The maximum Gasteiger partial charge on any atom is 0.411 e. The van der Waals surface area contributed by atoms with E-state index in [-0.39, 0.29) is 31.4 Å². The first-order valence-corrected chi connectivity index (χ1v) is 13.9. The van der Waals surface area contributed by atoms with Gasteiger partial charge in [-0.1, -0.05) is 25.1 Å². The van der Waals surface area contributed by atoms with Crippen LogP contribution in [-0.2, 0) is 14.2 Å². The van der Waals surface area contributed by atoms with Gasteiger partial charge in [-0.3, -0.25) is 5.32 Å². The average molecular weight is 518 g/mol. The van der Waals surface area contributed by atoms with Crippen molar-refractivity contribution >= 4 is 24.0 Å². The number of nitrogens with one attached hydrogen (secondary N) is 3. The summed E-state index contributed by atoms with van der Waals surface area (Å²) >= 11 is 0. The van der Waals surface area contributed by atoms with Gasteiger partial charge in [0.2, 0.25) is 0 Å². The minimum Gasteiger partial charge on any atom is -0.450 e. The van der Waals surface area contributed by atoms with Gasteiger partial charge in [-0.2, -0.15) is 0 Å². The van der Waals surface area contributed by atoms with Crippen LogP contribution in [0.2, 0.25) is 0 Å². The zero-order chi connectivity index (χ0) is 26.3. The van der Waals surface area contributed by atoms with Gasteiger partial charge in [0.05, 0.1) is 19.8 Å². The molecule has 0 spiro atoms. The molecule has 1 aromatic carbocycles. The number of amides is 3. The van der Waals surface area contributed by atoms with Crippen LogP contribution in [0.1, 0.15) is 77.6 Å². The second-order valence-corrected chi connectivity index (χ2v) is 10.2. The van der Waals surface area contributed by atoms with E-state index in [2.05, 4.69) is 16.0 Å². The van der Waals surface area contributed by atoms with Gasteiger partial charge in [-0.05, 0) is 88.2 Å². The number of hydrogen-bond acceptors (Lipinski definition) is 6. The molecule has 2 saturated carbocycles. The summed E-state index contributed by atoms with van der Waals surface area (Å²) in [5, 5.41) is 8.62. The number of rotatable bonds is 11. The van der Waals surface area contributed by atoms with E-state index in [1.165, 1.54) is 6.42 Å². The van der Waals surface area contributed by atoms with Crippen molar-refractivity contribution in [3.05, 3.63) is 30.3 Å². The number of carbonyl (C=O) groups excluding carboxylic acids is 3. The molecule has 3 N–H and O–H groups in total. The van der Waals surface area contributed by atoms with Gasteiger partial charge in [-0.15, -0.1) is 0 Å². The fourth-order valence-corrected chi connectivity index (χ4v) is 5.23. The van der Waals surface area contributed by atoms with E-state index in [1.54, 1.807) is 12.1 Å². The summed E-state index contributed by atoms with van der Waals surface area (Å²) in [6, 6.07) is 9.48. The molecular formula is C28H43N3O6. The Labute approximate surface area is 220 Å². The Kier molecular flexibility index (Phi) is 12.4. The Morgan fingerprint density at radius 2 is 1.19 bits per heavy atom. The maximum absolute atomic E-state index is 12.1. The second-order valence-electron chi connectivity index (χ2n) is 10.2. The molecule has 0 aliphatic heterocycles. The van der Waals surface area contributed by atoms with Crippen molar-refractivity contribution in [2.45, 2.75) is 89.6 Å². The van der Waals surface area contributed by atoms with Gasteiger partial charge in [0.15, 0.2) is 0 Å². The summed E-state index contributed by atoms with van der Waals surface area (Å²) in [6.07, 6.45) is 9.86. The molecule has 206 valence electrons. The predicted molar refractivity (Wildman–Crippen MR) is 141 cm³/mol. The van der Waals surface area contributed by atoms with Crippen LogP contribution in [0, 0.1) is 11.8 Å². The average Bonchev–Trinajstić information content (AvgIpc) is 2.90. The molecule has 0 unspecified atom stereocenters. The number of carbonyl (C=O) groups is 3. The van der Waals surface area contributed by atoms with Crippen LogP contribution in [-0.4, -0.2) is 50.2 Å². The minimum absolute atomic E-state index is 0.158. The number of ether oxygens (including phenoxy) is 3.